The van der Waals surface area contributed by atoms with Crippen molar-refractivity contribution in [2.24, 2.45) is 5.92 Å². The molecule has 0 amide bonds. The van der Waals surface area contributed by atoms with Crippen molar-refractivity contribution in [2.75, 3.05) is 0 Å². The predicted molar refractivity (Wildman–Crippen MR) is 65.9 cm³/mol. The molecular weight excluding hydrogens is 196 g/mol. The maximum atomic E-state index is 6.06. The first-order valence-electron chi connectivity index (χ1n) is 4.86. The fourth-order valence-electron chi connectivity index (χ4n) is 0.915. The third-order valence-corrected chi connectivity index (χ3v) is 3.05. The molecule has 0 saturated carbocycles. The van der Waals surface area contributed by atoms with Gasteiger partial charge >= 0.3 is 0 Å². The van der Waals surface area contributed by atoms with Crippen LogP contribution >= 0.6 is 11.6 Å². The van der Waals surface area contributed by atoms with Gasteiger partial charge < -0.3 is 0 Å². The van der Waals surface area contributed by atoms with E-state index in [4.69, 9.17) is 11.6 Å². The van der Waals surface area contributed by atoms with Crippen molar-refractivity contribution in [2.45, 2.75) is 39.9 Å². The molecule has 0 unspecified atom stereocenters. The summed E-state index contributed by atoms with van der Waals surface area (Å²) in [6, 6.07) is 0. The quantitative estimate of drug-likeness (QED) is 0.477. The minimum Gasteiger partial charge on any atom is -0.0851 e. The van der Waals surface area contributed by atoms with Gasteiger partial charge in [-0.1, -0.05) is 56.9 Å². The van der Waals surface area contributed by atoms with Crippen LogP contribution in [0.5, 0.6) is 0 Å². The van der Waals surface area contributed by atoms with Crippen LogP contribution in [0.1, 0.15) is 20.3 Å². The molecule has 0 aliphatic heterocycles. The highest BCUT2D eigenvalue weighted by atomic mass is 35.5. The molecule has 0 nitrogen and oxygen atoms in total. The topological polar surface area (TPSA) is 0 Å². The molecule has 0 N–H and O–H groups in total. The SMILES string of the molecule is CC(C)C/C=C/C(Cl)=C/[Si](C)(C)C. The number of hydrogen-bond donors (Lipinski definition) is 0. The van der Waals surface area contributed by atoms with Crippen molar-refractivity contribution >= 4 is 19.7 Å². The average Bonchev–Trinajstić information content (AvgIpc) is 1.81. The van der Waals surface area contributed by atoms with Crippen LogP contribution < -0.4 is 0 Å². The normalized spacial score (nSPS) is 14.5. The highest BCUT2D eigenvalue weighted by molar-refractivity contribution is 6.81. The molecule has 0 atom stereocenters. The Morgan fingerprint density at radius 1 is 1.31 bits per heavy atom. The van der Waals surface area contributed by atoms with Gasteiger partial charge in [-0.3, -0.25) is 0 Å². The molecule has 76 valence electrons. The van der Waals surface area contributed by atoms with Gasteiger partial charge in [0.25, 0.3) is 0 Å². The lowest BCUT2D eigenvalue weighted by atomic mass is 10.1. The first-order chi connectivity index (χ1) is 5.81. The van der Waals surface area contributed by atoms with Crippen LogP contribution in [-0.4, -0.2) is 8.07 Å². The molecule has 0 bridgehead atoms. The standard InChI is InChI=1S/C11H21ClSi/c1-10(2)7-6-8-11(12)9-13(3,4)5/h6,8-10H,7H2,1-5H3/b8-6+,11-9-. The second-order valence-corrected chi connectivity index (χ2v) is 10.4. The molecule has 0 aliphatic rings. The second kappa shape index (κ2) is 5.66. The van der Waals surface area contributed by atoms with Crippen LogP contribution in [0, 0.1) is 5.92 Å². The monoisotopic (exact) mass is 216 g/mol. The van der Waals surface area contributed by atoms with Gasteiger partial charge in [-0.2, -0.15) is 0 Å². The van der Waals surface area contributed by atoms with Gasteiger partial charge in [0.05, 0.1) is 8.07 Å². The summed E-state index contributed by atoms with van der Waals surface area (Å²) in [5.41, 5.74) is 2.21. The van der Waals surface area contributed by atoms with Crippen LogP contribution in [0.15, 0.2) is 22.9 Å². The van der Waals surface area contributed by atoms with Gasteiger partial charge in [0, 0.05) is 5.03 Å². The Labute approximate surface area is 88.7 Å². The summed E-state index contributed by atoms with van der Waals surface area (Å²) >= 11 is 6.06. The molecule has 13 heavy (non-hydrogen) atoms. The summed E-state index contributed by atoms with van der Waals surface area (Å²) in [5, 5.41) is 0.903. The van der Waals surface area contributed by atoms with E-state index >= 15 is 0 Å². The van der Waals surface area contributed by atoms with Crippen molar-refractivity contribution in [3.8, 4) is 0 Å². The Hall–Kier alpha value is -0.0131. The summed E-state index contributed by atoms with van der Waals surface area (Å²) in [4.78, 5) is 0. The second-order valence-electron chi connectivity index (χ2n) is 4.93. The Kier molecular flexibility index (Phi) is 5.66. The summed E-state index contributed by atoms with van der Waals surface area (Å²) in [5.74, 6) is 0.715. The van der Waals surface area contributed by atoms with Crippen LogP contribution in [0.2, 0.25) is 19.6 Å². The smallest absolute Gasteiger partial charge is 0.0706 e. The van der Waals surface area contributed by atoms with Gasteiger partial charge in [-0.25, -0.2) is 0 Å². The summed E-state index contributed by atoms with van der Waals surface area (Å²) < 4.78 is 0. The Balaban J connectivity index is 4.07. The maximum Gasteiger partial charge on any atom is 0.0706 e. The number of allylic oxidation sites excluding steroid dienone is 3. The number of rotatable bonds is 4. The summed E-state index contributed by atoms with van der Waals surface area (Å²) in [6.45, 7) is 11.3. The third kappa shape index (κ3) is 9.90. The van der Waals surface area contributed by atoms with E-state index in [1.807, 2.05) is 6.08 Å². The lowest BCUT2D eigenvalue weighted by molar-refractivity contribution is 0.664. The maximum absolute atomic E-state index is 6.06. The van der Waals surface area contributed by atoms with E-state index in [9.17, 15) is 0 Å². The largest absolute Gasteiger partial charge is 0.0851 e. The molecule has 2 heteroatoms. The van der Waals surface area contributed by atoms with Gasteiger partial charge in [0.15, 0.2) is 0 Å². The zero-order chi connectivity index (χ0) is 10.5. The molecule has 0 aromatic rings. The fourth-order valence-corrected chi connectivity index (χ4v) is 2.91. The van der Waals surface area contributed by atoms with Crippen LogP contribution in [0.3, 0.4) is 0 Å². The van der Waals surface area contributed by atoms with Crippen molar-refractivity contribution in [3.63, 3.8) is 0 Å². The molecule has 0 radical (unpaired) electrons. The zero-order valence-corrected chi connectivity index (χ0v) is 11.2. The van der Waals surface area contributed by atoms with Crippen molar-refractivity contribution < 1.29 is 0 Å². The van der Waals surface area contributed by atoms with E-state index in [0.717, 1.165) is 11.5 Å². The molecule has 0 saturated heterocycles. The van der Waals surface area contributed by atoms with Gasteiger partial charge in [0.1, 0.15) is 0 Å². The van der Waals surface area contributed by atoms with E-state index in [1.54, 1.807) is 0 Å². The molecule has 0 spiro atoms. The summed E-state index contributed by atoms with van der Waals surface area (Å²) in [7, 11) is -1.14. The van der Waals surface area contributed by atoms with E-state index in [2.05, 4.69) is 45.3 Å². The zero-order valence-electron chi connectivity index (χ0n) is 9.39. The van der Waals surface area contributed by atoms with Crippen molar-refractivity contribution in [3.05, 3.63) is 22.9 Å². The molecule has 0 rings (SSSR count). The van der Waals surface area contributed by atoms with Crippen molar-refractivity contribution in [1.29, 1.82) is 0 Å². The highest BCUT2D eigenvalue weighted by Gasteiger charge is 2.08. The van der Waals surface area contributed by atoms with Crippen LogP contribution in [0.4, 0.5) is 0 Å². The fraction of sp³-hybridized carbons (Fsp3) is 0.636. The number of halogens is 1. The lowest BCUT2D eigenvalue weighted by Crippen LogP contribution is -2.15. The van der Waals surface area contributed by atoms with Gasteiger partial charge in [-0.15, -0.1) is 0 Å². The summed E-state index contributed by atoms with van der Waals surface area (Å²) in [6.07, 6.45) is 5.29. The lowest BCUT2D eigenvalue weighted by Gasteiger charge is -2.08. The van der Waals surface area contributed by atoms with Gasteiger partial charge in [-0.05, 0) is 18.4 Å². The Morgan fingerprint density at radius 2 is 1.85 bits per heavy atom. The molecule has 0 aliphatic carbocycles. The minimum absolute atomic E-state index is 0.715. The first-order valence-corrected chi connectivity index (χ1v) is 8.81. The molecule has 0 aromatic carbocycles. The number of hydrogen-bond acceptors (Lipinski definition) is 0. The highest BCUT2D eigenvalue weighted by Crippen LogP contribution is 2.12. The molecule has 0 aromatic heterocycles. The van der Waals surface area contributed by atoms with Crippen molar-refractivity contribution in [1.82, 2.24) is 0 Å². The molecular formula is C11H21ClSi. The van der Waals surface area contributed by atoms with Crippen LogP contribution in [-0.2, 0) is 0 Å². The van der Waals surface area contributed by atoms with E-state index in [-0.39, 0.29) is 0 Å². The van der Waals surface area contributed by atoms with E-state index in [1.165, 1.54) is 0 Å². The first kappa shape index (κ1) is 13.0. The Morgan fingerprint density at radius 3 is 2.23 bits per heavy atom. The Bertz CT molecular complexity index is 197. The third-order valence-electron chi connectivity index (χ3n) is 1.46. The molecule has 0 fully saturated rings. The average molecular weight is 217 g/mol. The molecule has 0 heterocycles. The van der Waals surface area contributed by atoms with Crippen LogP contribution in [0.25, 0.3) is 0 Å². The predicted octanol–water partition coefficient (Wildman–Crippen LogP) is 4.59. The minimum atomic E-state index is -1.14. The van der Waals surface area contributed by atoms with E-state index in [0.29, 0.717) is 5.92 Å². The van der Waals surface area contributed by atoms with Gasteiger partial charge in [0.2, 0.25) is 0 Å². The van der Waals surface area contributed by atoms with E-state index < -0.39 is 8.07 Å².